The number of imide groups is 1. The quantitative estimate of drug-likeness (QED) is 0.773. The molecule has 0 spiro atoms. The zero-order valence-corrected chi connectivity index (χ0v) is 11.3. The minimum atomic E-state index is -0.271. The number of benzene rings is 1. The predicted octanol–water partition coefficient (Wildman–Crippen LogP) is 2.64. The van der Waals surface area contributed by atoms with Gasteiger partial charge in [0.05, 0.1) is 6.54 Å². The van der Waals surface area contributed by atoms with Crippen molar-refractivity contribution in [2.24, 2.45) is 0 Å². The van der Waals surface area contributed by atoms with E-state index in [1.165, 1.54) is 17.1 Å². The second-order valence-corrected chi connectivity index (χ2v) is 5.00. The van der Waals surface area contributed by atoms with Gasteiger partial charge >= 0.3 is 0 Å². The molecule has 0 atom stereocenters. The van der Waals surface area contributed by atoms with Crippen molar-refractivity contribution in [3.63, 3.8) is 0 Å². The zero-order valence-electron chi connectivity index (χ0n) is 8.11. The predicted molar refractivity (Wildman–Crippen MR) is 66.5 cm³/mol. The molecule has 1 heterocycles. The Balaban J connectivity index is 2.28. The van der Waals surface area contributed by atoms with E-state index in [9.17, 15) is 9.59 Å². The van der Waals surface area contributed by atoms with Gasteiger partial charge in [0.15, 0.2) is 0 Å². The average Bonchev–Trinajstić information content (AvgIpc) is 2.54. The molecule has 2 rings (SSSR count). The van der Waals surface area contributed by atoms with Crippen LogP contribution in [0.3, 0.4) is 0 Å². The first kappa shape index (κ1) is 11.5. The van der Waals surface area contributed by atoms with E-state index < -0.39 is 0 Å². The van der Waals surface area contributed by atoms with Crippen molar-refractivity contribution < 1.29 is 9.59 Å². The summed E-state index contributed by atoms with van der Waals surface area (Å²) in [5.41, 5.74) is 0.882. The molecule has 0 radical (unpaired) electrons. The fourth-order valence-electron chi connectivity index (χ4n) is 1.43. The molecule has 82 valence electrons. The Labute approximate surface area is 109 Å². The van der Waals surface area contributed by atoms with Crippen LogP contribution in [0.5, 0.6) is 0 Å². The van der Waals surface area contributed by atoms with E-state index in [1.807, 2.05) is 18.2 Å². The summed E-state index contributed by atoms with van der Waals surface area (Å²) in [5, 5.41) is 0. The molecule has 1 aliphatic heterocycles. The molecule has 0 unspecified atom stereocenters. The smallest absolute Gasteiger partial charge is 0.253 e. The van der Waals surface area contributed by atoms with Gasteiger partial charge in [0.1, 0.15) is 0 Å². The third kappa shape index (κ3) is 2.10. The lowest BCUT2D eigenvalue weighted by Gasteiger charge is -2.15. The standard InChI is InChI=1S/C11H7Br2NO2/c12-8-2-1-3-9(13)7(8)6-14-10(15)4-5-11(14)16/h1-5H,6H2. The molecule has 5 heteroatoms. The third-order valence-corrected chi connectivity index (χ3v) is 3.76. The topological polar surface area (TPSA) is 37.4 Å². The van der Waals surface area contributed by atoms with Gasteiger partial charge in [-0.25, -0.2) is 0 Å². The Hall–Kier alpha value is -0.940. The second-order valence-electron chi connectivity index (χ2n) is 3.30. The average molecular weight is 345 g/mol. The Bertz CT molecular complexity index is 459. The van der Waals surface area contributed by atoms with Crippen molar-refractivity contribution in [1.82, 2.24) is 4.90 Å². The molecular formula is C11H7Br2NO2. The maximum Gasteiger partial charge on any atom is 0.253 e. The lowest BCUT2D eigenvalue weighted by atomic mass is 10.2. The number of nitrogens with zero attached hydrogens (tertiary/aromatic N) is 1. The lowest BCUT2D eigenvalue weighted by Crippen LogP contribution is -2.29. The van der Waals surface area contributed by atoms with Gasteiger partial charge in [0.2, 0.25) is 0 Å². The summed E-state index contributed by atoms with van der Waals surface area (Å²) in [4.78, 5) is 24.0. The summed E-state index contributed by atoms with van der Waals surface area (Å²) >= 11 is 6.79. The van der Waals surface area contributed by atoms with Gasteiger partial charge in [-0.3, -0.25) is 14.5 Å². The van der Waals surface area contributed by atoms with Crippen molar-refractivity contribution in [3.05, 3.63) is 44.9 Å². The van der Waals surface area contributed by atoms with E-state index >= 15 is 0 Å². The molecule has 0 bridgehead atoms. The Morgan fingerprint density at radius 1 is 1.00 bits per heavy atom. The number of carbonyl (C=O) groups is 2. The highest BCUT2D eigenvalue weighted by Crippen LogP contribution is 2.27. The highest BCUT2D eigenvalue weighted by atomic mass is 79.9. The molecule has 0 N–H and O–H groups in total. The van der Waals surface area contributed by atoms with Gasteiger partial charge in [-0.15, -0.1) is 0 Å². The second kappa shape index (κ2) is 4.51. The molecule has 0 aromatic heterocycles. The van der Waals surface area contributed by atoms with Crippen molar-refractivity contribution in [1.29, 1.82) is 0 Å². The van der Waals surface area contributed by atoms with E-state index in [4.69, 9.17) is 0 Å². The Morgan fingerprint density at radius 3 is 2.00 bits per heavy atom. The highest BCUT2D eigenvalue weighted by Gasteiger charge is 2.24. The molecule has 0 saturated carbocycles. The van der Waals surface area contributed by atoms with Crippen LogP contribution >= 0.6 is 31.9 Å². The van der Waals surface area contributed by atoms with Crippen LogP contribution in [-0.2, 0) is 16.1 Å². The van der Waals surface area contributed by atoms with Gasteiger partial charge < -0.3 is 0 Å². The van der Waals surface area contributed by atoms with E-state index in [0.717, 1.165) is 14.5 Å². The van der Waals surface area contributed by atoms with E-state index in [0.29, 0.717) is 0 Å². The maximum atomic E-state index is 11.4. The molecule has 16 heavy (non-hydrogen) atoms. The molecule has 1 aromatic rings. The van der Waals surface area contributed by atoms with Crippen LogP contribution in [0, 0.1) is 0 Å². The van der Waals surface area contributed by atoms with Crippen LogP contribution in [0.2, 0.25) is 0 Å². The van der Waals surface area contributed by atoms with Gasteiger partial charge in [-0.05, 0) is 12.1 Å². The van der Waals surface area contributed by atoms with Gasteiger partial charge in [-0.2, -0.15) is 0 Å². The third-order valence-electron chi connectivity index (χ3n) is 2.28. The first-order valence-electron chi connectivity index (χ1n) is 4.56. The number of carbonyl (C=O) groups excluding carboxylic acids is 2. The summed E-state index contributed by atoms with van der Waals surface area (Å²) in [7, 11) is 0. The molecule has 0 saturated heterocycles. The Kier molecular flexibility index (Phi) is 3.25. The summed E-state index contributed by atoms with van der Waals surface area (Å²) in [6.07, 6.45) is 2.57. The van der Waals surface area contributed by atoms with Gasteiger partial charge in [-0.1, -0.05) is 37.9 Å². The summed E-state index contributed by atoms with van der Waals surface area (Å²) in [5.74, 6) is -0.541. The zero-order chi connectivity index (χ0) is 11.7. The van der Waals surface area contributed by atoms with Crippen molar-refractivity contribution >= 4 is 43.7 Å². The van der Waals surface area contributed by atoms with E-state index in [-0.39, 0.29) is 18.4 Å². The van der Waals surface area contributed by atoms with Gasteiger partial charge in [0, 0.05) is 26.7 Å². The first-order valence-corrected chi connectivity index (χ1v) is 6.14. The molecule has 3 nitrogen and oxygen atoms in total. The SMILES string of the molecule is O=C1C=CC(=O)N1Cc1c(Br)cccc1Br. The lowest BCUT2D eigenvalue weighted by molar-refractivity contribution is -0.137. The number of halogens is 2. The van der Waals surface area contributed by atoms with Crippen LogP contribution in [0.15, 0.2) is 39.3 Å². The van der Waals surface area contributed by atoms with E-state index in [1.54, 1.807) is 0 Å². The normalized spacial score (nSPS) is 15.0. The van der Waals surface area contributed by atoms with Crippen molar-refractivity contribution in [2.45, 2.75) is 6.54 Å². The van der Waals surface area contributed by atoms with E-state index in [2.05, 4.69) is 31.9 Å². The van der Waals surface area contributed by atoms with Gasteiger partial charge in [0.25, 0.3) is 11.8 Å². The summed E-state index contributed by atoms with van der Waals surface area (Å²) < 4.78 is 1.74. The molecule has 0 aliphatic carbocycles. The fraction of sp³-hybridized carbons (Fsp3) is 0.0909. The molecule has 1 aliphatic rings. The summed E-state index contributed by atoms with van der Waals surface area (Å²) in [6.45, 7) is 0.271. The minimum absolute atomic E-state index is 0.271. The minimum Gasteiger partial charge on any atom is -0.271 e. The first-order chi connectivity index (χ1) is 7.59. The molecule has 2 amide bonds. The Morgan fingerprint density at radius 2 is 1.50 bits per heavy atom. The monoisotopic (exact) mass is 343 g/mol. The number of hydrogen-bond acceptors (Lipinski definition) is 2. The van der Waals surface area contributed by atoms with Crippen LogP contribution in [0.4, 0.5) is 0 Å². The fourth-order valence-corrected chi connectivity index (χ4v) is 2.68. The molecule has 0 fully saturated rings. The molecule has 1 aromatic carbocycles. The van der Waals surface area contributed by atoms with Crippen LogP contribution in [-0.4, -0.2) is 16.7 Å². The number of amides is 2. The molecular weight excluding hydrogens is 338 g/mol. The summed E-state index contributed by atoms with van der Waals surface area (Å²) in [6, 6.07) is 5.63. The van der Waals surface area contributed by atoms with Crippen LogP contribution < -0.4 is 0 Å². The highest BCUT2D eigenvalue weighted by molar-refractivity contribution is 9.11. The maximum absolute atomic E-state index is 11.4. The number of rotatable bonds is 2. The van der Waals surface area contributed by atoms with Crippen LogP contribution in [0.25, 0.3) is 0 Å². The van der Waals surface area contributed by atoms with Crippen LogP contribution in [0.1, 0.15) is 5.56 Å². The van der Waals surface area contributed by atoms with Crippen molar-refractivity contribution in [3.8, 4) is 0 Å². The number of hydrogen-bond donors (Lipinski definition) is 0. The largest absolute Gasteiger partial charge is 0.271 e. The van der Waals surface area contributed by atoms with Crippen molar-refractivity contribution in [2.75, 3.05) is 0 Å².